The molecule has 2 aromatic carbocycles. The number of benzene rings is 2. The second-order valence-electron chi connectivity index (χ2n) is 5.32. The number of methoxy groups -OCH3 is 2. The lowest BCUT2D eigenvalue weighted by Crippen LogP contribution is -2.00. The zero-order valence-corrected chi connectivity index (χ0v) is 15.7. The van der Waals surface area contributed by atoms with Crippen LogP contribution in [0.4, 0.5) is 0 Å². The topological polar surface area (TPSA) is 54.0 Å². The zero-order chi connectivity index (χ0) is 19.5. The van der Waals surface area contributed by atoms with Gasteiger partial charge >= 0.3 is 5.97 Å². The molecule has 0 spiro atoms. The van der Waals surface area contributed by atoms with E-state index >= 15 is 0 Å². The van der Waals surface area contributed by atoms with Crippen molar-refractivity contribution >= 4 is 12.0 Å². The van der Waals surface area contributed by atoms with Crippen molar-refractivity contribution in [2.45, 2.75) is 6.92 Å². The Morgan fingerprint density at radius 1 is 1.04 bits per heavy atom. The molecule has 0 saturated carbocycles. The average molecular weight is 366 g/mol. The SMILES string of the molecule is CCOc1ccc(C#CC(=O)OCC=Cc2ccc(OC)c(OC)c2)cc1. The van der Waals surface area contributed by atoms with Crippen LogP contribution in [0.5, 0.6) is 17.2 Å². The molecule has 0 aliphatic rings. The van der Waals surface area contributed by atoms with Gasteiger partial charge in [0, 0.05) is 11.5 Å². The predicted molar refractivity (Wildman–Crippen MR) is 104 cm³/mol. The first-order valence-corrected chi connectivity index (χ1v) is 8.46. The standard InChI is InChI=1S/C22H22O5/c1-4-26-19-11-7-17(8-12-19)10-14-22(23)27-15-5-6-18-9-13-20(24-2)21(16-18)25-3/h5-9,11-13,16H,4,15H2,1-3H3. The van der Waals surface area contributed by atoms with Gasteiger partial charge in [0.1, 0.15) is 12.4 Å². The van der Waals surface area contributed by atoms with Crippen LogP contribution in [0, 0.1) is 11.8 Å². The molecule has 0 saturated heterocycles. The highest BCUT2D eigenvalue weighted by atomic mass is 16.5. The third-order valence-electron chi connectivity index (χ3n) is 3.50. The first-order valence-electron chi connectivity index (χ1n) is 8.46. The van der Waals surface area contributed by atoms with Gasteiger partial charge in [-0.15, -0.1) is 0 Å². The van der Waals surface area contributed by atoms with Gasteiger partial charge in [-0.3, -0.25) is 0 Å². The second-order valence-corrected chi connectivity index (χ2v) is 5.32. The number of hydrogen-bond donors (Lipinski definition) is 0. The van der Waals surface area contributed by atoms with Crippen molar-refractivity contribution in [2.24, 2.45) is 0 Å². The summed E-state index contributed by atoms with van der Waals surface area (Å²) in [4.78, 5) is 11.7. The van der Waals surface area contributed by atoms with E-state index in [-0.39, 0.29) is 6.61 Å². The van der Waals surface area contributed by atoms with Gasteiger partial charge in [-0.1, -0.05) is 18.1 Å². The molecule has 0 unspecified atom stereocenters. The number of carbonyl (C=O) groups is 1. The molecule has 0 heterocycles. The minimum Gasteiger partial charge on any atom is -0.494 e. The average Bonchev–Trinajstić information content (AvgIpc) is 2.70. The van der Waals surface area contributed by atoms with Gasteiger partial charge in [0.05, 0.1) is 20.8 Å². The molecule has 5 heteroatoms. The maximum Gasteiger partial charge on any atom is 0.385 e. The van der Waals surface area contributed by atoms with Gasteiger partial charge in [0.15, 0.2) is 11.5 Å². The zero-order valence-electron chi connectivity index (χ0n) is 15.7. The molecule has 0 amide bonds. The van der Waals surface area contributed by atoms with E-state index in [0.717, 1.165) is 16.9 Å². The Morgan fingerprint density at radius 2 is 1.78 bits per heavy atom. The molecule has 2 rings (SSSR count). The molecule has 0 aliphatic carbocycles. The van der Waals surface area contributed by atoms with E-state index in [0.29, 0.717) is 18.1 Å². The van der Waals surface area contributed by atoms with E-state index in [1.54, 1.807) is 32.4 Å². The van der Waals surface area contributed by atoms with Crippen molar-refractivity contribution in [1.82, 2.24) is 0 Å². The van der Waals surface area contributed by atoms with E-state index < -0.39 is 5.97 Å². The lowest BCUT2D eigenvalue weighted by atomic mass is 10.2. The Morgan fingerprint density at radius 3 is 2.44 bits per heavy atom. The largest absolute Gasteiger partial charge is 0.494 e. The van der Waals surface area contributed by atoms with E-state index in [1.807, 2.05) is 43.3 Å². The number of hydrogen-bond acceptors (Lipinski definition) is 5. The molecule has 0 aliphatic heterocycles. The first-order chi connectivity index (χ1) is 13.2. The Kier molecular flexibility index (Phi) is 7.80. The molecule has 140 valence electrons. The highest BCUT2D eigenvalue weighted by molar-refractivity contribution is 5.89. The highest BCUT2D eigenvalue weighted by Gasteiger charge is 2.02. The minimum absolute atomic E-state index is 0.130. The molecule has 0 bridgehead atoms. The third-order valence-corrected chi connectivity index (χ3v) is 3.50. The minimum atomic E-state index is -0.583. The van der Waals surface area contributed by atoms with Gasteiger partial charge < -0.3 is 18.9 Å². The summed E-state index contributed by atoms with van der Waals surface area (Å²) in [5.74, 6) is 6.71. The van der Waals surface area contributed by atoms with Crippen molar-refractivity contribution in [3.05, 3.63) is 59.7 Å². The van der Waals surface area contributed by atoms with Crippen molar-refractivity contribution < 1.29 is 23.7 Å². The van der Waals surface area contributed by atoms with E-state index in [1.165, 1.54) is 0 Å². The van der Waals surface area contributed by atoms with Gasteiger partial charge in [-0.05, 0) is 55.0 Å². The molecule has 0 fully saturated rings. The molecular formula is C22H22O5. The molecule has 2 aromatic rings. The summed E-state index contributed by atoms with van der Waals surface area (Å²) in [6.07, 6.45) is 3.56. The van der Waals surface area contributed by atoms with E-state index in [2.05, 4.69) is 11.8 Å². The van der Waals surface area contributed by atoms with Crippen LogP contribution in [-0.4, -0.2) is 33.4 Å². The molecule has 0 atom stereocenters. The summed E-state index contributed by atoms with van der Waals surface area (Å²) < 4.78 is 20.9. The van der Waals surface area contributed by atoms with Crippen molar-refractivity contribution in [2.75, 3.05) is 27.4 Å². The van der Waals surface area contributed by atoms with Crippen LogP contribution in [0.3, 0.4) is 0 Å². The molecule has 5 nitrogen and oxygen atoms in total. The molecule has 0 radical (unpaired) electrons. The first kappa shape index (κ1) is 19.9. The predicted octanol–water partition coefficient (Wildman–Crippen LogP) is 3.71. The number of carbonyl (C=O) groups excluding carboxylic acids is 1. The van der Waals surface area contributed by atoms with Crippen LogP contribution in [0.1, 0.15) is 18.1 Å². The molecule has 0 aromatic heterocycles. The fourth-order valence-electron chi connectivity index (χ4n) is 2.22. The third kappa shape index (κ3) is 6.44. The van der Waals surface area contributed by atoms with Gasteiger partial charge in [0.2, 0.25) is 0 Å². The summed E-state index contributed by atoms with van der Waals surface area (Å²) in [5, 5.41) is 0. The maximum absolute atomic E-state index is 11.7. The van der Waals surface area contributed by atoms with E-state index in [4.69, 9.17) is 18.9 Å². The lowest BCUT2D eigenvalue weighted by molar-refractivity contribution is -0.135. The van der Waals surface area contributed by atoms with Crippen LogP contribution < -0.4 is 14.2 Å². The van der Waals surface area contributed by atoms with Crippen molar-refractivity contribution in [3.63, 3.8) is 0 Å². The summed E-state index contributed by atoms with van der Waals surface area (Å²) in [5.41, 5.74) is 1.63. The van der Waals surface area contributed by atoms with Crippen molar-refractivity contribution in [3.8, 4) is 29.1 Å². The fraction of sp³-hybridized carbons (Fsp3) is 0.227. The quantitative estimate of drug-likeness (QED) is 0.552. The van der Waals surface area contributed by atoms with Crippen molar-refractivity contribution in [1.29, 1.82) is 0 Å². The second kappa shape index (κ2) is 10.6. The van der Waals surface area contributed by atoms with Crippen LogP contribution in [0.25, 0.3) is 6.08 Å². The summed E-state index contributed by atoms with van der Waals surface area (Å²) in [7, 11) is 3.16. The monoisotopic (exact) mass is 366 g/mol. The molecule has 0 N–H and O–H groups in total. The summed E-state index contributed by atoms with van der Waals surface area (Å²) >= 11 is 0. The van der Waals surface area contributed by atoms with Gasteiger partial charge in [-0.25, -0.2) is 4.79 Å². The summed E-state index contributed by atoms with van der Waals surface area (Å²) in [6, 6.07) is 12.7. The Hall–Kier alpha value is -3.39. The Bertz CT molecular complexity index is 841. The number of esters is 1. The molecular weight excluding hydrogens is 344 g/mol. The molecule has 27 heavy (non-hydrogen) atoms. The normalized spacial score (nSPS) is 10.0. The number of ether oxygens (including phenoxy) is 4. The highest BCUT2D eigenvalue weighted by Crippen LogP contribution is 2.27. The lowest BCUT2D eigenvalue weighted by Gasteiger charge is -2.07. The Labute approximate surface area is 159 Å². The summed E-state index contributed by atoms with van der Waals surface area (Å²) in [6.45, 7) is 2.66. The maximum atomic E-state index is 11.7. The fourth-order valence-corrected chi connectivity index (χ4v) is 2.22. The number of rotatable bonds is 7. The van der Waals surface area contributed by atoms with Gasteiger partial charge in [-0.2, -0.15) is 0 Å². The smallest absolute Gasteiger partial charge is 0.385 e. The van der Waals surface area contributed by atoms with Crippen LogP contribution in [0.2, 0.25) is 0 Å². The van der Waals surface area contributed by atoms with Crippen LogP contribution >= 0.6 is 0 Å². The van der Waals surface area contributed by atoms with E-state index in [9.17, 15) is 4.79 Å². The van der Waals surface area contributed by atoms with Crippen LogP contribution in [-0.2, 0) is 9.53 Å². The van der Waals surface area contributed by atoms with Gasteiger partial charge in [0.25, 0.3) is 0 Å². The van der Waals surface area contributed by atoms with Crippen LogP contribution in [0.15, 0.2) is 48.5 Å². The Balaban J connectivity index is 1.85.